The topological polar surface area (TPSA) is 0 Å². The van der Waals surface area contributed by atoms with Gasteiger partial charge in [0.2, 0.25) is 0 Å². The molecule has 0 spiro atoms. The number of benzene rings is 10. The van der Waals surface area contributed by atoms with Crippen LogP contribution < -0.4 is 0 Å². The monoisotopic (exact) mass is 662 g/mol. The molecule has 0 heterocycles. The molecule has 0 aliphatic rings. The summed E-state index contributed by atoms with van der Waals surface area (Å²) in [4.78, 5) is 0. The normalized spacial score (nSPS) is 11.8. The van der Waals surface area contributed by atoms with Crippen LogP contribution in [0.25, 0.3) is 98.4 Å². The third-order valence-electron chi connectivity index (χ3n) is 11.5. The molecular formula is C52H38. The highest BCUT2D eigenvalue weighted by Gasteiger charge is 2.18. The van der Waals surface area contributed by atoms with E-state index in [1.54, 1.807) is 0 Å². The molecule has 0 radical (unpaired) electrons. The van der Waals surface area contributed by atoms with Gasteiger partial charge in [0, 0.05) is 0 Å². The average Bonchev–Trinajstić information content (AvgIpc) is 3.18. The summed E-state index contributed by atoms with van der Waals surface area (Å²) in [6.45, 7) is 9.04. The lowest BCUT2D eigenvalue weighted by Gasteiger charge is -2.19. The third kappa shape index (κ3) is 4.75. The summed E-state index contributed by atoms with van der Waals surface area (Å²) >= 11 is 0. The largest absolute Gasteiger partial charge is 0.0616 e. The first-order valence-corrected chi connectivity index (χ1v) is 18.3. The molecule has 10 aromatic carbocycles. The van der Waals surface area contributed by atoms with Crippen molar-refractivity contribution in [2.45, 2.75) is 27.7 Å². The van der Waals surface area contributed by atoms with Gasteiger partial charge in [-0.05, 0) is 160 Å². The molecule has 0 aromatic heterocycles. The van der Waals surface area contributed by atoms with Crippen LogP contribution in [0, 0.1) is 27.7 Å². The highest BCUT2D eigenvalue weighted by molar-refractivity contribution is 6.27. The van der Waals surface area contributed by atoms with E-state index in [-0.39, 0.29) is 0 Å². The Kier molecular flexibility index (Phi) is 6.85. The quantitative estimate of drug-likeness (QED) is 0.165. The van der Waals surface area contributed by atoms with Crippen LogP contribution in [0.2, 0.25) is 0 Å². The molecule has 0 heteroatoms. The second kappa shape index (κ2) is 11.7. The molecule has 246 valence electrons. The maximum Gasteiger partial charge on any atom is -0.00203 e. The van der Waals surface area contributed by atoms with Gasteiger partial charge in [0.05, 0.1) is 0 Å². The van der Waals surface area contributed by atoms with Crippen molar-refractivity contribution in [1.82, 2.24) is 0 Å². The van der Waals surface area contributed by atoms with Crippen molar-refractivity contribution in [3.63, 3.8) is 0 Å². The highest BCUT2D eigenvalue weighted by Crippen LogP contribution is 2.45. The molecule has 0 amide bonds. The molecular weight excluding hydrogens is 625 g/mol. The molecule has 0 unspecified atom stereocenters. The zero-order chi connectivity index (χ0) is 35.1. The Hall–Kier alpha value is -6.24. The van der Waals surface area contributed by atoms with Crippen LogP contribution in [-0.4, -0.2) is 0 Å². The van der Waals surface area contributed by atoms with Crippen molar-refractivity contribution in [2.24, 2.45) is 0 Å². The van der Waals surface area contributed by atoms with Crippen LogP contribution >= 0.6 is 0 Å². The van der Waals surface area contributed by atoms with Gasteiger partial charge in [0.1, 0.15) is 0 Å². The number of fused-ring (bicyclic) bond motifs is 2. The van der Waals surface area contributed by atoms with Crippen molar-refractivity contribution in [3.05, 3.63) is 180 Å². The van der Waals surface area contributed by atoms with Gasteiger partial charge >= 0.3 is 0 Å². The van der Waals surface area contributed by atoms with Crippen LogP contribution in [0.4, 0.5) is 0 Å². The standard InChI is InChI=1S/C52H38/c1-31-27-49(33(3)25-47(31)41-15-13-35-9-5-7-11-39(35)29-41)43-21-17-37-20-24-46-44(22-18-38-19-23-45(43)51(37)52(38)46)50-28-32(2)48(26-34(50)4)42-16-14-36-10-6-8-12-40(36)30-42/h5-30H,1-4H3. The summed E-state index contributed by atoms with van der Waals surface area (Å²) in [7, 11) is 0. The lowest BCUT2D eigenvalue weighted by atomic mass is 9.84. The first-order valence-electron chi connectivity index (χ1n) is 18.3. The fourth-order valence-corrected chi connectivity index (χ4v) is 8.82. The van der Waals surface area contributed by atoms with Gasteiger partial charge in [-0.2, -0.15) is 0 Å². The Labute approximate surface area is 305 Å². The fraction of sp³-hybridized carbons (Fsp3) is 0.0769. The van der Waals surface area contributed by atoms with Gasteiger partial charge in [-0.15, -0.1) is 0 Å². The number of hydrogen-bond acceptors (Lipinski definition) is 0. The van der Waals surface area contributed by atoms with Crippen molar-refractivity contribution in [1.29, 1.82) is 0 Å². The van der Waals surface area contributed by atoms with Crippen molar-refractivity contribution >= 4 is 53.9 Å². The van der Waals surface area contributed by atoms with Gasteiger partial charge in [0.25, 0.3) is 0 Å². The van der Waals surface area contributed by atoms with Crippen LogP contribution in [0.1, 0.15) is 22.3 Å². The van der Waals surface area contributed by atoms with E-state index >= 15 is 0 Å². The van der Waals surface area contributed by atoms with Crippen LogP contribution in [0.3, 0.4) is 0 Å². The Morgan fingerprint density at radius 3 is 1.04 bits per heavy atom. The van der Waals surface area contributed by atoms with E-state index in [9.17, 15) is 0 Å². The minimum atomic E-state index is 1.27. The maximum absolute atomic E-state index is 2.40. The van der Waals surface area contributed by atoms with Crippen LogP contribution in [-0.2, 0) is 0 Å². The second-order valence-electron chi connectivity index (χ2n) is 14.7. The van der Waals surface area contributed by atoms with E-state index < -0.39 is 0 Å². The van der Waals surface area contributed by atoms with E-state index in [2.05, 4.69) is 185 Å². The zero-order valence-corrected chi connectivity index (χ0v) is 30.0. The third-order valence-corrected chi connectivity index (χ3v) is 11.5. The molecule has 0 saturated heterocycles. The predicted molar refractivity (Wildman–Crippen MR) is 226 cm³/mol. The van der Waals surface area contributed by atoms with Gasteiger partial charge in [-0.1, -0.05) is 146 Å². The minimum absolute atomic E-state index is 1.27. The van der Waals surface area contributed by atoms with Crippen molar-refractivity contribution < 1.29 is 0 Å². The summed E-state index contributed by atoms with van der Waals surface area (Å²) in [5, 5.41) is 13.0. The van der Waals surface area contributed by atoms with Gasteiger partial charge < -0.3 is 0 Å². The summed E-state index contributed by atoms with van der Waals surface area (Å²) in [6, 6.07) is 59.1. The Morgan fingerprint density at radius 1 is 0.250 bits per heavy atom. The number of hydrogen-bond donors (Lipinski definition) is 0. The van der Waals surface area contributed by atoms with Crippen molar-refractivity contribution in [2.75, 3.05) is 0 Å². The molecule has 0 aliphatic heterocycles. The first kappa shape index (κ1) is 30.6. The van der Waals surface area contributed by atoms with Crippen LogP contribution in [0.15, 0.2) is 158 Å². The second-order valence-corrected chi connectivity index (χ2v) is 14.7. The molecule has 0 aliphatic carbocycles. The molecule has 52 heavy (non-hydrogen) atoms. The predicted octanol–water partition coefficient (Wildman–Crippen LogP) is 14.8. The SMILES string of the molecule is Cc1cc(-c2ccc3ccc4c(-c5cc(C)c(-c6ccc7ccccc7c6)cc5C)ccc5ccc2c3c54)c(C)cc1-c1ccc2ccccc2c1. The average molecular weight is 663 g/mol. The summed E-state index contributed by atoms with van der Waals surface area (Å²) < 4.78 is 0. The molecule has 10 aromatic rings. The minimum Gasteiger partial charge on any atom is -0.0616 e. The highest BCUT2D eigenvalue weighted by atomic mass is 14.2. The summed E-state index contributed by atoms with van der Waals surface area (Å²) in [6.07, 6.45) is 0. The number of aryl methyl sites for hydroxylation is 4. The van der Waals surface area contributed by atoms with E-state index in [4.69, 9.17) is 0 Å². The molecule has 0 bridgehead atoms. The molecule has 0 atom stereocenters. The lowest BCUT2D eigenvalue weighted by Crippen LogP contribution is -1.94. The van der Waals surface area contributed by atoms with Crippen LogP contribution in [0.5, 0.6) is 0 Å². The van der Waals surface area contributed by atoms with Gasteiger partial charge in [-0.3, -0.25) is 0 Å². The smallest absolute Gasteiger partial charge is 0.00203 e. The van der Waals surface area contributed by atoms with Gasteiger partial charge in [0.15, 0.2) is 0 Å². The Bertz CT molecular complexity index is 2840. The molecule has 0 saturated carbocycles. The van der Waals surface area contributed by atoms with E-state index in [1.807, 2.05) is 0 Å². The molecule has 10 rings (SSSR count). The summed E-state index contributed by atoms with van der Waals surface area (Å²) in [5.41, 5.74) is 15.5. The first-order chi connectivity index (χ1) is 25.4. The fourth-order valence-electron chi connectivity index (χ4n) is 8.82. The van der Waals surface area contributed by atoms with E-state index in [0.717, 1.165) is 0 Å². The number of rotatable bonds is 4. The molecule has 0 N–H and O–H groups in total. The van der Waals surface area contributed by atoms with Crippen molar-refractivity contribution in [3.8, 4) is 44.5 Å². The summed E-state index contributed by atoms with van der Waals surface area (Å²) in [5.74, 6) is 0. The Balaban J connectivity index is 1.11. The van der Waals surface area contributed by atoms with Gasteiger partial charge in [-0.25, -0.2) is 0 Å². The zero-order valence-electron chi connectivity index (χ0n) is 30.0. The van der Waals surface area contributed by atoms with E-state index in [0.29, 0.717) is 0 Å². The molecule has 0 fully saturated rings. The lowest BCUT2D eigenvalue weighted by molar-refractivity contribution is 1.39. The van der Waals surface area contributed by atoms with E-state index in [1.165, 1.54) is 121 Å². The Morgan fingerprint density at radius 2 is 0.596 bits per heavy atom. The molecule has 0 nitrogen and oxygen atoms in total. The maximum atomic E-state index is 2.40.